The molecule has 1 saturated carbocycles. The third-order valence-corrected chi connectivity index (χ3v) is 6.80. The van der Waals surface area contributed by atoms with Crippen molar-refractivity contribution in [3.05, 3.63) is 5.82 Å². The van der Waals surface area contributed by atoms with E-state index in [1.165, 1.54) is 11.8 Å². The number of hydrogen-bond donors (Lipinski definition) is 1. The molecule has 1 saturated heterocycles. The van der Waals surface area contributed by atoms with Gasteiger partial charge in [0.25, 0.3) is 0 Å². The highest BCUT2D eigenvalue weighted by Gasteiger charge is 2.32. The van der Waals surface area contributed by atoms with Gasteiger partial charge in [-0.25, -0.2) is 8.42 Å². The largest absolute Gasteiger partial charge is 0.351 e. The van der Waals surface area contributed by atoms with Crippen molar-refractivity contribution < 1.29 is 13.2 Å². The van der Waals surface area contributed by atoms with Gasteiger partial charge in [-0.15, -0.1) is 10.2 Å². The van der Waals surface area contributed by atoms with Crippen molar-refractivity contribution in [3.8, 4) is 0 Å². The smallest absolute Gasteiger partial charge is 0.233 e. The van der Waals surface area contributed by atoms with E-state index in [0.29, 0.717) is 12.5 Å². The lowest BCUT2D eigenvalue weighted by atomic mass is 10.2. The van der Waals surface area contributed by atoms with Crippen molar-refractivity contribution in [3.63, 3.8) is 0 Å². The average molecular weight is 344 g/mol. The quantitative estimate of drug-likeness (QED) is 0.791. The van der Waals surface area contributed by atoms with Crippen LogP contribution in [0.1, 0.15) is 38.1 Å². The first-order valence-corrected chi connectivity index (χ1v) is 10.1. The van der Waals surface area contributed by atoms with Crippen molar-refractivity contribution in [2.24, 2.45) is 0 Å². The summed E-state index contributed by atoms with van der Waals surface area (Å²) in [6.45, 7) is 3.73. The molecule has 1 aromatic rings. The maximum absolute atomic E-state index is 12.2. The molecule has 1 aromatic heterocycles. The van der Waals surface area contributed by atoms with Gasteiger partial charge in [0, 0.05) is 12.1 Å². The number of hydrogen-bond acceptors (Lipinski definition) is 6. The van der Waals surface area contributed by atoms with Crippen molar-refractivity contribution in [1.29, 1.82) is 0 Å². The van der Waals surface area contributed by atoms with Crippen LogP contribution in [0.4, 0.5) is 0 Å². The van der Waals surface area contributed by atoms with Crippen LogP contribution in [-0.2, 0) is 14.6 Å². The van der Waals surface area contributed by atoms with Gasteiger partial charge in [0.15, 0.2) is 15.0 Å². The number of sulfone groups is 1. The summed E-state index contributed by atoms with van der Waals surface area (Å²) in [5.74, 6) is 0.942. The Balaban J connectivity index is 1.60. The third-order valence-electron chi connectivity index (χ3n) is 3.98. The van der Waals surface area contributed by atoms with E-state index in [9.17, 15) is 13.2 Å². The van der Waals surface area contributed by atoms with Gasteiger partial charge >= 0.3 is 0 Å². The van der Waals surface area contributed by atoms with Gasteiger partial charge in [-0.3, -0.25) is 4.79 Å². The summed E-state index contributed by atoms with van der Waals surface area (Å²) in [6.07, 6.45) is 2.77. The molecule has 1 amide bonds. The summed E-state index contributed by atoms with van der Waals surface area (Å²) in [4.78, 5) is 12.2. The van der Waals surface area contributed by atoms with Crippen LogP contribution >= 0.6 is 11.8 Å². The van der Waals surface area contributed by atoms with Crippen molar-refractivity contribution in [1.82, 2.24) is 20.1 Å². The minimum Gasteiger partial charge on any atom is -0.351 e. The van der Waals surface area contributed by atoms with Crippen LogP contribution in [0, 0.1) is 6.92 Å². The Kier molecular flexibility index (Phi) is 4.19. The Bertz CT molecular complexity index is 681. The van der Waals surface area contributed by atoms with Crippen molar-refractivity contribution in [2.75, 3.05) is 11.5 Å². The van der Waals surface area contributed by atoms with E-state index in [2.05, 4.69) is 20.1 Å². The maximum Gasteiger partial charge on any atom is 0.233 e. The van der Waals surface area contributed by atoms with Crippen molar-refractivity contribution in [2.45, 2.75) is 55.6 Å². The van der Waals surface area contributed by atoms with E-state index >= 15 is 0 Å². The highest BCUT2D eigenvalue weighted by atomic mass is 32.2. The number of amides is 1. The molecule has 22 heavy (non-hydrogen) atoms. The molecule has 1 aliphatic heterocycles. The van der Waals surface area contributed by atoms with E-state index < -0.39 is 9.84 Å². The molecule has 0 bridgehead atoms. The molecule has 0 radical (unpaired) electrons. The van der Waals surface area contributed by atoms with E-state index in [4.69, 9.17) is 0 Å². The van der Waals surface area contributed by atoms with E-state index in [1.54, 1.807) is 0 Å². The number of aryl methyl sites for hydroxylation is 1. The number of rotatable bonds is 5. The molecular weight excluding hydrogens is 324 g/mol. The van der Waals surface area contributed by atoms with Gasteiger partial charge in [-0.05, 0) is 33.1 Å². The molecule has 2 fully saturated rings. The molecule has 0 aromatic carbocycles. The van der Waals surface area contributed by atoms with Gasteiger partial charge in [-0.1, -0.05) is 11.8 Å². The molecule has 0 unspecified atom stereocenters. The molecule has 2 aliphatic rings. The summed E-state index contributed by atoms with van der Waals surface area (Å²) < 4.78 is 25.0. The van der Waals surface area contributed by atoms with Crippen molar-refractivity contribution >= 4 is 27.5 Å². The lowest BCUT2D eigenvalue weighted by Gasteiger charge is -2.15. The van der Waals surface area contributed by atoms with Gasteiger partial charge < -0.3 is 9.88 Å². The standard InChI is InChI=1S/C13H20N4O3S2/c1-8(12(18)14-10-5-6-22(19,20)7-10)21-13-16-15-9(2)17(13)11-3-4-11/h8,10-11H,3-7H2,1-2H3,(H,14,18)/t8-,10-/m0/s1. The summed E-state index contributed by atoms with van der Waals surface area (Å²) in [6, 6.07) is 0.205. The molecular formula is C13H20N4O3S2. The van der Waals surface area contributed by atoms with Crippen LogP contribution in [0.2, 0.25) is 0 Å². The van der Waals surface area contributed by atoms with Crippen LogP contribution in [0.15, 0.2) is 5.16 Å². The second-order valence-corrected chi connectivity index (χ2v) is 9.54. The first-order valence-electron chi connectivity index (χ1n) is 7.44. The molecule has 2 heterocycles. The zero-order valence-corrected chi connectivity index (χ0v) is 14.3. The number of nitrogens with zero attached hydrogens (tertiary/aromatic N) is 3. The normalized spacial score (nSPS) is 25.1. The molecule has 3 rings (SSSR count). The Morgan fingerprint density at radius 1 is 1.36 bits per heavy atom. The fourth-order valence-electron chi connectivity index (χ4n) is 2.62. The molecule has 2 atom stereocenters. The summed E-state index contributed by atoms with van der Waals surface area (Å²) in [5, 5.41) is 11.5. The molecule has 9 heteroatoms. The minimum atomic E-state index is -2.98. The minimum absolute atomic E-state index is 0.0491. The lowest BCUT2D eigenvalue weighted by molar-refractivity contribution is -0.120. The van der Waals surface area contributed by atoms with Gasteiger partial charge in [0.2, 0.25) is 5.91 Å². The number of thioether (sulfide) groups is 1. The fraction of sp³-hybridized carbons (Fsp3) is 0.769. The average Bonchev–Trinajstić information content (AvgIpc) is 3.12. The zero-order chi connectivity index (χ0) is 15.9. The highest BCUT2D eigenvalue weighted by Crippen LogP contribution is 2.39. The summed E-state index contributed by atoms with van der Waals surface area (Å²) in [7, 11) is -2.98. The Morgan fingerprint density at radius 3 is 2.68 bits per heavy atom. The molecule has 1 N–H and O–H groups in total. The van der Waals surface area contributed by atoms with E-state index in [0.717, 1.165) is 23.8 Å². The van der Waals surface area contributed by atoms with Crippen LogP contribution < -0.4 is 5.32 Å². The fourth-order valence-corrected chi connectivity index (χ4v) is 5.27. The molecule has 0 spiro atoms. The molecule has 7 nitrogen and oxygen atoms in total. The first-order chi connectivity index (χ1) is 10.4. The lowest BCUT2D eigenvalue weighted by Crippen LogP contribution is -2.40. The number of carbonyl (C=O) groups excluding carboxylic acids is 1. The highest BCUT2D eigenvalue weighted by molar-refractivity contribution is 8.00. The zero-order valence-electron chi connectivity index (χ0n) is 12.7. The molecule has 122 valence electrons. The Hall–Kier alpha value is -1.09. The first kappa shape index (κ1) is 15.8. The topological polar surface area (TPSA) is 94.0 Å². The van der Waals surface area contributed by atoms with E-state index in [1.807, 2.05) is 13.8 Å². The predicted molar refractivity (Wildman–Crippen MR) is 83.6 cm³/mol. The Labute approximate surface area is 134 Å². The third kappa shape index (κ3) is 3.45. The summed E-state index contributed by atoms with van der Waals surface area (Å²) >= 11 is 1.38. The summed E-state index contributed by atoms with van der Waals surface area (Å²) in [5.41, 5.74) is 0. The van der Waals surface area contributed by atoms with E-state index in [-0.39, 0.29) is 28.7 Å². The van der Waals surface area contributed by atoms with Gasteiger partial charge in [-0.2, -0.15) is 0 Å². The van der Waals surface area contributed by atoms with Crippen LogP contribution in [0.3, 0.4) is 0 Å². The van der Waals surface area contributed by atoms with Crippen LogP contribution in [0.25, 0.3) is 0 Å². The Morgan fingerprint density at radius 2 is 2.09 bits per heavy atom. The number of carbonyl (C=O) groups is 1. The van der Waals surface area contributed by atoms with Crippen LogP contribution in [-0.4, -0.2) is 51.9 Å². The van der Waals surface area contributed by atoms with Gasteiger partial charge in [0.1, 0.15) is 5.82 Å². The maximum atomic E-state index is 12.2. The second-order valence-electron chi connectivity index (χ2n) is 6.00. The van der Waals surface area contributed by atoms with Gasteiger partial charge in [0.05, 0.1) is 16.8 Å². The number of nitrogens with one attached hydrogen (secondary N) is 1. The predicted octanol–water partition coefficient (Wildman–Crippen LogP) is 0.705. The number of aromatic nitrogens is 3. The second kappa shape index (κ2) is 5.84. The monoisotopic (exact) mass is 344 g/mol. The van der Waals surface area contributed by atoms with Crippen LogP contribution in [0.5, 0.6) is 0 Å². The molecule has 1 aliphatic carbocycles. The SMILES string of the molecule is Cc1nnc(S[C@@H](C)C(=O)N[C@H]2CCS(=O)(=O)C2)n1C1CC1.